The van der Waals surface area contributed by atoms with Crippen molar-refractivity contribution in [3.05, 3.63) is 0 Å². The number of hydrogen-bond donors (Lipinski definition) is 1. The van der Waals surface area contributed by atoms with Gasteiger partial charge in [-0.3, -0.25) is 4.79 Å². The molecule has 0 aromatic heterocycles. The molecule has 0 atom stereocenters. The standard InChI is InChI=1S/C13H22BrNO3/c1-3-18-12(17)15-9-13(11(16)8-14)6-4-10(2)5-7-13/h10H,3-9H2,1-2H3,(H,15,17). The highest BCUT2D eigenvalue weighted by Gasteiger charge is 2.40. The molecular weight excluding hydrogens is 298 g/mol. The molecule has 18 heavy (non-hydrogen) atoms. The van der Waals surface area contributed by atoms with E-state index in [2.05, 4.69) is 28.2 Å². The lowest BCUT2D eigenvalue weighted by Gasteiger charge is -2.37. The van der Waals surface area contributed by atoms with Crippen LogP contribution in [0.1, 0.15) is 39.5 Å². The second-order valence-electron chi connectivity index (χ2n) is 5.09. The van der Waals surface area contributed by atoms with Crippen LogP contribution in [-0.4, -0.2) is 30.4 Å². The monoisotopic (exact) mass is 319 g/mol. The Morgan fingerprint density at radius 3 is 2.50 bits per heavy atom. The Morgan fingerprint density at radius 2 is 2.00 bits per heavy atom. The number of carbonyl (C=O) groups excluding carboxylic acids is 2. The molecule has 4 nitrogen and oxygen atoms in total. The van der Waals surface area contributed by atoms with E-state index < -0.39 is 11.5 Å². The minimum atomic E-state index is -0.433. The van der Waals surface area contributed by atoms with E-state index in [0.717, 1.165) is 25.7 Å². The number of alkyl carbamates (subject to hydrolysis) is 1. The Bertz CT molecular complexity index is 299. The number of nitrogens with one attached hydrogen (secondary N) is 1. The van der Waals surface area contributed by atoms with Crippen LogP contribution >= 0.6 is 15.9 Å². The van der Waals surface area contributed by atoms with Gasteiger partial charge in [-0.2, -0.15) is 0 Å². The van der Waals surface area contributed by atoms with Crippen LogP contribution in [0.3, 0.4) is 0 Å². The minimum absolute atomic E-state index is 0.186. The molecule has 0 heterocycles. The van der Waals surface area contributed by atoms with Crippen molar-refractivity contribution in [2.45, 2.75) is 39.5 Å². The average molecular weight is 320 g/mol. The van der Waals surface area contributed by atoms with Gasteiger partial charge in [-0.25, -0.2) is 4.79 Å². The molecular formula is C13H22BrNO3. The Balaban J connectivity index is 2.61. The van der Waals surface area contributed by atoms with E-state index in [1.807, 2.05) is 0 Å². The summed E-state index contributed by atoms with van der Waals surface area (Å²) in [4.78, 5) is 23.5. The zero-order valence-corrected chi connectivity index (χ0v) is 12.7. The molecule has 1 rings (SSSR count). The van der Waals surface area contributed by atoms with Gasteiger partial charge in [-0.05, 0) is 38.5 Å². The Morgan fingerprint density at radius 1 is 1.39 bits per heavy atom. The van der Waals surface area contributed by atoms with E-state index in [0.29, 0.717) is 24.4 Å². The van der Waals surface area contributed by atoms with Crippen molar-refractivity contribution in [3.63, 3.8) is 0 Å². The molecule has 1 aliphatic rings. The third-order valence-corrected chi connectivity index (χ3v) is 4.30. The topological polar surface area (TPSA) is 55.4 Å². The smallest absolute Gasteiger partial charge is 0.407 e. The summed E-state index contributed by atoms with van der Waals surface area (Å²) in [6.45, 7) is 4.72. The lowest BCUT2D eigenvalue weighted by Crippen LogP contribution is -2.46. The first-order valence-electron chi connectivity index (χ1n) is 6.54. The molecule has 0 aliphatic heterocycles. The van der Waals surface area contributed by atoms with Crippen molar-refractivity contribution < 1.29 is 14.3 Å². The maximum atomic E-state index is 12.1. The van der Waals surface area contributed by atoms with Gasteiger partial charge in [0.15, 0.2) is 5.78 Å². The summed E-state index contributed by atoms with van der Waals surface area (Å²) in [5.41, 5.74) is -0.400. The van der Waals surface area contributed by atoms with Crippen molar-refractivity contribution in [2.75, 3.05) is 18.5 Å². The quantitative estimate of drug-likeness (QED) is 0.793. The molecule has 0 bridgehead atoms. The highest BCUT2D eigenvalue weighted by Crippen LogP contribution is 2.39. The van der Waals surface area contributed by atoms with Gasteiger partial charge < -0.3 is 10.1 Å². The van der Waals surface area contributed by atoms with E-state index in [1.165, 1.54) is 0 Å². The van der Waals surface area contributed by atoms with Gasteiger partial charge in [0, 0.05) is 12.0 Å². The summed E-state index contributed by atoms with van der Waals surface area (Å²) in [7, 11) is 0. The summed E-state index contributed by atoms with van der Waals surface area (Å²) in [6, 6.07) is 0. The number of ether oxygens (including phenoxy) is 1. The van der Waals surface area contributed by atoms with Gasteiger partial charge >= 0.3 is 6.09 Å². The Labute approximate surface area is 117 Å². The van der Waals surface area contributed by atoms with Crippen LogP contribution in [0.5, 0.6) is 0 Å². The molecule has 104 valence electrons. The van der Waals surface area contributed by atoms with Crippen LogP contribution in [0, 0.1) is 11.3 Å². The van der Waals surface area contributed by atoms with Gasteiger partial charge in [-0.1, -0.05) is 22.9 Å². The van der Waals surface area contributed by atoms with Gasteiger partial charge in [-0.15, -0.1) is 0 Å². The van der Waals surface area contributed by atoms with Crippen molar-refractivity contribution in [3.8, 4) is 0 Å². The predicted octanol–water partition coefficient (Wildman–Crippen LogP) is 2.89. The highest BCUT2D eigenvalue weighted by molar-refractivity contribution is 9.09. The summed E-state index contributed by atoms with van der Waals surface area (Å²) < 4.78 is 4.84. The van der Waals surface area contributed by atoms with Crippen LogP contribution in [0.25, 0.3) is 0 Å². The van der Waals surface area contributed by atoms with Crippen LogP contribution in [-0.2, 0) is 9.53 Å². The number of ketones is 1. The number of hydrogen-bond acceptors (Lipinski definition) is 3. The summed E-state index contributed by atoms with van der Waals surface area (Å²) >= 11 is 3.24. The van der Waals surface area contributed by atoms with Crippen LogP contribution in [0.2, 0.25) is 0 Å². The number of Topliss-reactive ketones (excluding diaryl/α,β-unsaturated/α-hetero) is 1. The van der Waals surface area contributed by atoms with Gasteiger partial charge in [0.1, 0.15) is 0 Å². The Kier molecular flexibility index (Phi) is 6.12. The van der Waals surface area contributed by atoms with Crippen LogP contribution in [0.15, 0.2) is 0 Å². The molecule has 1 saturated carbocycles. The fourth-order valence-corrected chi connectivity index (χ4v) is 3.03. The van der Waals surface area contributed by atoms with E-state index in [-0.39, 0.29) is 5.78 Å². The van der Waals surface area contributed by atoms with Gasteiger partial charge in [0.05, 0.1) is 11.9 Å². The van der Waals surface area contributed by atoms with Gasteiger partial charge in [0.2, 0.25) is 0 Å². The van der Waals surface area contributed by atoms with Crippen LogP contribution in [0.4, 0.5) is 4.79 Å². The molecule has 1 amide bonds. The van der Waals surface area contributed by atoms with Crippen molar-refractivity contribution >= 4 is 27.8 Å². The fourth-order valence-electron chi connectivity index (χ4n) is 2.43. The summed E-state index contributed by atoms with van der Waals surface area (Å²) in [5, 5.41) is 3.07. The van der Waals surface area contributed by atoms with Crippen molar-refractivity contribution in [1.29, 1.82) is 0 Å². The second kappa shape index (κ2) is 7.12. The number of rotatable bonds is 5. The molecule has 0 unspecified atom stereocenters. The van der Waals surface area contributed by atoms with Crippen LogP contribution < -0.4 is 5.32 Å². The number of alkyl halides is 1. The third-order valence-electron chi connectivity index (χ3n) is 3.79. The lowest BCUT2D eigenvalue weighted by atomic mass is 9.68. The highest BCUT2D eigenvalue weighted by atomic mass is 79.9. The first kappa shape index (κ1) is 15.5. The zero-order valence-electron chi connectivity index (χ0n) is 11.1. The molecule has 0 saturated heterocycles. The molecule has 0 spiro atoms. The number of carbonyl (C=O) groups is 2. The molecule has 0 radical (unpaired) electrons. The lowest BCUT2D eigenvalue weighted by molar-refractivity contribution is -0.127. The van der Waals surface area contributed by atoms with Crippen molar-refractivity contribution in [1.82, 2.24) is 5.32 Å². The average Bonchev–Trinajstić information content (AvgIpc) is 2.38. The maximum absolute atomic E-state index is 12.1. The second-order valence-corrected chi connectivity index (χ2v) is 5.65. The van der Waals surface area contributed by atoms with E-state index in [4.69, 9.17) is 4.74 Å². The SMILES string of the molecule is CCOC(=O)NCC1(C(=O)CBr)CCC(C)CC1. The van der Waals surface area contributed by atoms with E-state index in [1.54, 1.807) is 6.92 Å². The molecule has 1 aliphatic carbocycles. The Hall–Kier alpha value is -0.580. The molecule has 5 heteroatoms. The fraction of sp³-hybridized carbons (Fsp3) is 0.846. The number of halogens is 1. The minimum Gasteiger partial charge on any atom is -0.450 e. The van der Waals surface area contributed by atoms with E-state index >= 15 is 0 Å². The molecule has 0 aromatic carbocycles. The summed E-state index contributed by atoms with van der Waals surface area (Å²) in [6.07, 6.45) is 3.36. The molecule has 1 N–H and O–H groups in total. The first-order chi connectivity index (χ1) is 8.54. The number of amides is 1. The predicted molar refractivity (Wildman–Crippen MR) is 73.9 cm³/mol. The molecule has 0 aromatic rings. The van der Waals surface area contributed by atoms with Crippen molar-refractivity contribution in [2.24, 2.45) is 11.3 Å². The molecule has 1 fully saturated rings. The van der Waals surface area contributed by atoms with Gasteiger partial charge in [0.25, 0.3) is 0 Å². The zero-order chi connectivity index (χ0) is 13.6. The summed E-state index contributed by atoms with van der Waals surface area (Å²) in [5.74, 6) is 0.857. The first-order valence-corrected chi connectivity index (χ1v) is 7.66. The normalized spacial score (nSPS) is 27.6. The van der Waals surface area contributed by atoms with E-state index in [9.17, 15) is 9.59 Å². The largest absolute Gasteiger partial charge is 0.450 e. The maximum Gasteiger partial charge on any atom is 0.407 e. The third kappa shape index (κ3) is 3.97.